The molecule has 1 fully saturated rings. The zero-order valence-electron chi connectivity index (χ0n) is 14.2. The molecule has 1 aromatic carbocycles. The Kier molecular flexibility index (Phi) is 8.79. The van der Waals surface area contributed by atoms with Crippen molar-refractivity contribution in [2.24, 2.45) is 11.7 Å². The summed E-state index contributed by atoms with van der Waals surface area (Å²) in [6, 6.07) is 9.24. The van der Waals surface area contributed by atoms with Crippen molar-refractivity contribution in [3.8, 4) is 0 Å². The van der Waals surface area contributed by atoms with Crippen molar-refractivity contribution < 1.29 is 9.59 Å². The summed E-state index contributed by atoms with van der Waals surface area (Å²) in [6.45, 7) is 3.89. The lowest BCUT2D eigenvalue weighted by atomic mass is 9.96. The molecule has 5 nitrogen and oxygen atoms in total. The predicted molar refractivity (Wildman–Crippen MR) is 98.0 cm³/mol. The average Bonchev–Trinajstić information content (AvgIpc) is 2.60. The van der Waals surface area contributed by atoms with Gasteiger partial charge in [-0.25, -0.2) is 0 Å². The lowest BCUT2D eigenvalue weighted by molar-refractivity contribution is -0.136. The summed E-state index contributed by atoms with van der Waals surface area (Å²) in [6.07, 6.45) is 3.15. The van der Waals surface area contributed by atoms with Crippen molar-refractivity contribution in [2.45, 2.75) is 38.6 Å². The fraction of sp³-hybridized carbons (Fsp3) is 0.556. The summed E-state index contributed by atoms with van der Waals surface area (Å²) >= 11 is 0. The van der Waals surface area contributed by atoms with E-state index in [1.165, 1.54) is 0 Å². The van der Waals surface area contributed by atoms with Crippen molar-refractivity contribution in [1.82, 2.24) is 10.2 Å². The van der Waals surface area contributed by atoms with Gasteiger partial charge in [-0.1, -0.05) is 37.3 Å². The Balaban J connectivity index is 0.00000288. The molecular weight excluding hydrogens is 326 g/mol. The van der Waals surface area contributed by atoms with Gasteiger partial charge in [0.1, 0.15) is 0 Å². The molecule has 0 aromatic heterocycles. The second kappa shape index (κ2) is 10.3. The number of likely N-dealkylation sites (tertiary alicyclic amines) is 1. The molecule has 1 heterocycles. The van der Waals surface area contributed by atoms with E-state index >= 15 is 0 Å². The summed E-state index contributed by atoms with van der Waals surface area (Å²) in [7, 11) is 0. The van der Waals surface area contributed by atoms with Crippen molar-refractivity contribution in [1.29, 1.82) is 0 Å². The number of nitrogens with two attached hydrogens (primary N) is 1. The normalized spacial score (nSPS) is 18.4. The first kappa shape index (κ1) is 20.5. The maximum absolute atomic E-state index is 12.6. The maximum atomic E-state index is 12.6. The molecule has 1 aromatic rings. The number of benzene rings is 1. The number of carbonyl (C=O) groups excluding carboxylic acids is 2. The van der Waals surface area contributed by atoms with Crippen LogP contribution in [0.3, 0.4) is 0 Å². The van der Waals surface area contributed by atoms with Crippen LogP contribution in [0.4, 0.5) is 0 Å². The Morgan fingerprint density at radius 3 is 2.71 bits per heavy atom. The highest BCUT2D eigenvalue weighted by molar-refractivity contribution is 5.85. The van der Waals surface area contributed by atoms with Gasteiger partial charge in [-0.05, 0) is 31.2 Å². The smallest absolute Gasteiger partial charge is 0.239 e. The van der Waals surface area contributed by atoms with Crippen molar-refractivity contribution in [3.63, 3.8) is 0 Å². The maximum Gasteiger partial charge on any atom is 0.239 e. The standard InChI is InChI=1S/C18H27N3O2.ClH/c1-2-10-20-17(22)15-9-6-11-21(13-15)18(23)16(19)12-14-7-4-3-5-8-14;/h3-5,7-8,15-16H,2,6,9-13,19H2,1H3,(H,20,22);1H/t15?,16-;/m0./s1. The highest BCUT2D eigenvalue weighted by Crippen LogP contribution is 2.18. The molecule has 1 aliphatic rings. The molecule has 1 unspecified atom stereocenters. The minimum Gasteiger partial charge on any atom is -0.356 e. The first-order chi connectivity index (χ1) is 11.1. The van der Waals surface area contributed by atoms with Crippen LogP contribution in [0.15, 0.2) is 30.3 Å². The minimum atomic E-state index is -0.546. The SMILES string of the molecule is CCCNC(=O)C1CCCN(C(=O)[C@@H](N)Cc2ccccc2)C1.Cl. The lowest BCUT2D eigenvalue weighted by Crippen LogP contribution is -2.51. The molecule has 1 saturated heterocycles. The number of hydrogen-bond donors (Lipinski definition) is 2. The van der Waals surface area contributed by atoms with Crippen LogP contribution in [-0.4, -0.2) is 42.4 Å². The molecule has 3 N–H and O–H groups in total. The highest BCUT2D eigenvalue weighted by atomic mass is 35.5. The van der Waals surface area contributed by atoms with Crippen LogP contribution >= 0.6 is 12.4 Å². The van der Waals surface area contributed by atoms with E-state index in [0.717, 1.165) is 24.8 Å². The van der Waals surface area contributed by atoms with Crippen molar-refractivity contribution in [2.75, 3.05) is 19.6 Å². The Bertz CT molecular complexity index is 524. The van der Waals surface area contributed by atoms with Crippen LogP contribution in [0.2, 0.25) is 0 Å². The minimum absolute atomic E-state index is 0. The van der Waals surface area contributed by atoms with Gasteiger partial charge in [0, 0.05) is 19.6 Å². The molecule has 6 heteroatoms. The monoisotopic (exact) mass is 353 g/mol. The van der Waals surface area contributed by atoms with Gasteiger partial charge < -0.3 is 16.0 Å². The molecule has 24 heavy (non-hydrogen) atoms. The van der Waals surface area contributed by atoms with Gasteiger partial charge in [0.05, 0.1) is 12.0 Å². The number of piperidine rings is 1. The Labute approximate surface area is 150 Å². The van der Waals surface area contributed by atoms with Gasteiger partial charge in [-0.2, -0.15) is 0 Å². The summed E-state index contributed by atoms with van der Waals surface area (Å²) in [5, 5.41) is 2.92. The average molecular weight is 354 g/mol. The molecule has 2 atom stereocenters. The Morgan fingerprint density at radius 2 is 2.04 bits per heavy atom. The van der Waals surface area contributed by atoms with Gasteiger partial charge in [0.15, 0.2) is 0 Å². The molecule has 0 saturated carbocycles. The van der Waals surface area contributed by atoms with E-state index in [1.54, 1.807) is 4.90 Å². The third-order valence-electron chi connectivity index (χ3n) is 4.27. The first-order valence-electron chi connectivity index (χ1n) is 8.47. The zero-order chi connectivity index (χ0) is 16.7. The van der Waals surface area contributed by atoms with E-state index in [9.17, 15) is 9.59 Å². The van der Waals surface area contributed by atoms with Crippen LogP contribution in [0.1, 0.15) is 31.7 Å². The van der Waals surface area contributed by atoms with Crippen LogP contribution in [0, 0.1) is 5.92 Å². The second-order valence-electron chi connectivity index (χ2n) is 6.21. The third-order valence-corrected chi connectivity index (χ3v) is 4.27. The number of rotatable bonds is 6. The predicted octanol–water partition coefficient (Wildman–Crippen LogP) is 1.74. The van der Waals surface area contributed by atoms with E-state index in [-0.39, 0.29) is 30.1 Å². The summed E-state index contributed by atoms with van der Waals surface area (Å²) in [4.78, 5) is 26.4. The number of amides is 2. The van der Waals surface area contributed by atoms with Crippen LogP contribution in [0.25, 0.3) is 0 Å². The first-order valence-corrected chi connectivity index (χ1v) is 8.47. The molecule has 0 spiro atoms. The fourth-order valence-electron chi connectivity index (χ4n) is 2.97. The van der Waals surface area contributed by atoms with E-state index in [1.807, 2.05) is 37.3 Å². The molecule has 2 rings (SSSR count). The van der Waals surface area contributed by atoms with E-state index in [0.29, 0.717) is 26.1 Å². The lowest BCUT2D eigenvalue weighted by Gasteiger charge is -2.33. The number of nitrogens with zero attached hydrogens (tertiary/aromatic N) is 1. The van der Waals surface area contributed by atoms with Crippen molar-refractivity contribution >= 4 is 24.2 Å². The topological polar surface area (TPSA) is 75.4 Å². The fourth-order valence-corrected chi connectivity index (χ4v) is 2.97. The molecule has 1 aliphatic heterocycles. The number of carbonyl (C=O) groups is 2. The van der Waals surface area contributed by atoms with Gasteiger partial charge >= 0.3 is 0 Å². The van der Waals surface area contributed by atoms with Gasteiger partial charge in [0.25, 0.3) is 0 Å². The van der Waals surface area contributed by atoms with Crippen LogP contribution in [-0.2, 0) is 16.0 Å². The Hall–Kier alpha value is -1.59. The zero-order valence-corrected chi connectivity index (χ0v) is 15.1. The number of nitrogens with one attached hydrogen (secondary N) is 1. The molecule has 2 amide bonds. The van der Waals surface area contributed by atoms with Crippen LogP contribution in [0.5, 0.6) is 0 Å². The van der Waals surface area contributed by atoms with E-state index < -0.39 is 6.04 Å². The second-order valence-corrected chi connectivity index (χ2v) is 6.21. The molecule has 134 valence electrons. The van der Waals surface area contributed by atoms with Crippen LogP contribution < -0.4 is 11.1 Å². The third kappa shape index (κ3) is 5.80. The van der Waals surface area contributed by atoms with Gasteiger partial charge in [-0.3, -0.25) is 9.59 Å². The number of hydrogen-bond acceptors (Lipinski definition) is 3. The summed E-state index contributed by atoms with van der Waals surface area (Å²) in [5.41, 5.74) is 7.15. The molecule has 0 radical (unpaired) electrons. The quantitative estimate of drug-likeness (QED) is 0.818. The van der Waals surface area contributed by atoms with Gasteiger partial charge in [-0.15, -0.1) is 12.4 Å². The van der Waals surface area contributed by atoms with E-state index in [4.69, 9.17) is 5.73 Å². The molecule has 0 bridgehead atoms. The summed E-state index contributed by atoms with van der Waals surface area (Å²) in [5.74, 6) is -0.106. The Morgan fingerprint density at radius 1 is 1.33 bits per heavy atom. The molecular formula is C18H28ClN3O2. The van der Waals surface area contributed by atoms with Crippen molar-refractivity contribution in [3.05, 3.63) is 35.9 Å². The number of halogens is 1. The molecule has 0 aliphatic carbocycles. The highest BCUT2D eigenvalue weighted by Gasteiger charge is 2.30. The largest absolute Gasteiger partial charge is 0.356 e. The van der Waals surface area contributed by atoms with Gasteiger partial charge in [0.2, 0.25) is 11.8 Å². The summed E-state index contributed by atoms with van der Waals surface area (Å²) < 4.78 is 0. The van der Waals surface area contributed by atoms with E-state index in [2.05, 4.69) is 5.32 Å².